The maximum Gasteiger partial charge on any atom is 0.267 e. The largest absolute Gasteiger partial charge is 0.348 e. The van der Waals surface area contributed by atoms with E-state index in [9.17, 15) is 9.59 Å². The molecule has 1 aromatic heterocycles. The number of nitrogens with one attached hydrogen (secondary N) is 1. The fourth-order valence-electron chi connectivity index (χ4n) is 2.87. The van der Waals surface area contributed by atoms with Gasteiger partial charge in [0.2, 0.25) is 5.91 Å². The minimum atomic E-state index is -0.301. The van der Waals surface area contributed by atoms with Crippen LogP contribution in [0.5, 0.6) is 0 Å². The molecule has 5 heteroatoms. The van der Waals surface area contributed by atoms with Gasteiger partial charge in [-0.2, -0.15) is 5.10 Å². The zero-order valence-corrected chi connectivity index (χ0v) is 15.6. The Balaban J connectivity index is 1.70. The molecule has 0 spiro atoms. The summed E-state index contributed by atoms with van der Waals surface area (Å²) >= 11 is 0. The van der Waals surface area contributed by atoms with Crippen LogP contribution in [0, 0.1) is 0 Å². The SMILES string of the molecule is CCc1ccc(C(C)NC(=O)Cn2nc(-c3ccccc3)ccc2=O)cc1. The summed E-state index contributed by atoms with van der Waals surface area (Å²) in [5, 5.41) is 7.26. The fraction of sp³-hybridized carbons (Fsp3) is 0.227. The van der Waals surface area contributed by atoms with Crippen LogP contribution < -0.4 is 10.9 Å². The Labute approximate surface area is 158 Å². The van der Waals surface area contributed by atoms with Crippen molar-refractivity contribution in [3.8, 4) is 11.3 Å². The third-order valence-corrected chi connectivity index (χ3v) is 4.50. The van der Waals surface area contributed by atoms with E-state index in [-0.39, 0.29) is 24.1 Å². The smallest absolute Gasteiger partial charge is 0.267 e. The molecule has 0 aliphatic carbocycles. The number of hydrogen-bond acceptors (Lipinski definition) is 3. The molecule has 1 unspecified atom stereocenters. The summed E-state index contributed by atoms with van der Waals surface area (Å²) in [7, 11) is 0. The predicted molar refractivity (Wildman–Crippen MR) is 106 cm³/mol. The molecule has 0 aliphatic heterocycles. The lowest BCUT2D eigenvalue weighted by molar-refractivity contribution is -0.122. The molecule has 1 amide bonds. The van der Waals surface area contributed by atoms with Crippen LogP contribution >= 0.6 is 0 Å². The van der Waals surface area contributed by atoms with Crippen molar-refractivity contribution < 1.29 is 4.79 Å². The molecule has 3 rings (SSSR count). The molecule has 0 fully saturated rings. The van der Waals surface area contributed by atoms with Crippen molar-refractivity contribution in [3.63, 3.8) is 0 Å². The molecule has 27 heavy (non-hydrogen) atoms. The van der Waals surface area contributed by atoms with E-state index in [2.05, 4.69) is 29.5 Å². The summed E-state index contributed by atoms with van der Waals surface area (Å²) in [4.78, 5) is 24.5. The fourth-order valence-corrected chi connectivity index (χ4v) is 2.87. The molecule has 1 N–H and O–H groups in total. The van der Waals surface area contributed by atoms with Crippen LogP contribution in [0.25, 0.3) is 11.3 Å². The number of aryl methyl sites for hydroxylation is 1. The zero-order chi connectivity index (χ0) is 19.2. The van der Waals surface area contributed by atoms with Crippen LogP contribution in [-0.4, -0.2) is 15.7 Å². The highest BCUT2D eigenvalue weighted by Crippen LogP contribution is 2.15. The van der Waals surface area contributed by atoms with Crippen molar-refractivity contribution in [1.82, 2.24) is 15.1 Å². The highest BCUT2D eigenvalue weighted by atomic mass is 16.2. The summed E-state index contributed by atoms with van der Waals surface area (Å²) < 4.78 is 1.20. The van der Waals surface area contributed by atoms with Crippen molar-refractivity contribution in [2.24, 2.45) is 0 Å². The summed E-state index contributed by atoms with van der Waals surface area (Å²) in [6.45, 7) is 3.92. The monoisotopic (exact) mass is 361 g/mol. The van der Waals surface area contributed by atoms with Crippen molar-refractivity contribution in [1.29, 1.82) is 0 Å². The Morgan fingerprint density at radius 3 is 2.41 bits per heavy atom. The minimum absolute atomic E-state index is 0.114. The lowest BCUT2D eigenvalue weighted by Gasteiger charge is -2.15. The van der Waals surface area contributed by atoms with Gasteiger partial charge in [0.1, 0.15) is 6.54 Å². The van der Waals surface area contributed by atoms with Crippen molar-refractivity contribution in [2.75, 3.05) is 0 Å². The van der Waals surface area contributed by atoms with Gasteiger partial charge in [-0.25, -0.2) is 4.68 Å². The van der Waals surface area contributed by atoms with E-state index in [1.165, 1.54) is 16.3 Å². The Hall–Kier alpha value is -3.21. The van der Waals surface area contributed by atoms with Gasteiger partial charge in [0, 0.05) is 11.6 Å². The van der Waals surface area contributed by atoms with Crippen LogP contribution in [0.2, 0.25) is 0 Å². The standard InChI is InChI=1S/C22H23N3O2/c1-3-17-9-11-18(12-10-17)16(2)23-21(26)15-25-22(27)14-13-20(24-25)19-7-5-4-6-8-19/h4-14,16H,3,15H2,1-2H3,(H,23,26). The van der Waals surface area contributed by atoms with Gasteiger partial charge in [0.15, 0.2) is 0 Å². The second-order valence-electron chi connectivity index (χ2n) is 6.46. The Morgan fingerprint density at radius 1 is 1.04 bits per heavy atom. The van der Waals surface area contributed by atoms with E-state index < -0.39 is 0 Å². The van der Waals surface area contributed by atoms with Crippen LogP contribution in [0.1, 0.15) is 31.0 Å². The predicted octanol–water partition coefficient (Wildman–Crippen LogP) is 3.35. The normalized spacial score (nSPS) is 11.8. The van der Waals surface area contributed by atoms with E-state index in [1.54, 1.807) is 6.07 Å². The molecule has 1 atom stereocenters. The van der Waals surface area contributed by atoms with E-state index in [0.29, 0.717) is 5.69 Å². The van der Waals surface area contributed by atoms with E-state index in [0.717, 1.165) is 17.5 Å². The maximum atomic E-state index is 12.4. The van der Waals surface area contributed by atoms with Crippen molar-refractivity contribution in [3.05, 3.63) is 88.2 Å². The van der Waals surface area contributed by atoms with Gasteiger partial charge in [-0.1, -0.05) is 61.5 Å². The first kappa shape index (κ1) is 18.6. The number of amides is 1. The Kier molecular flexibility index (Phi) is 5.81. The molecule has 2 aromatic carbocycles. The number of benzene rings is 2. The Morgan fingerprint density at radius 2 is 1.74 bits per heavy atom. The summed E-state index contributed by atoms with van der Waals surface area (Å²) in [5.41, 5.74) is 3.54. The lowest BCUT2D eigenvalue weighted by Crippen LogP contribution is -2.34. The molecule has 0 aliphatic rings. The zero-order valence-electron chi connectivity index (χ0n) is 15.6. The van der Waals surface area contributed by atoms with Gasteiger partial charge in [0.25, 0.3) is 5.56 Å². The Bertz CT molecular complexity index is 963. The molecule has 5 nitrogen and oxygen atoms in total. The second-order valence-corrected chi connectivity index (χ2v) is 6.46. The number of carbonyl (C=O) groups excluding carboxylic acids is 1. The summed E-state index contributed by atoms with van der Waals surface area (Å²) in [5.74, 6) is -0.248. The lowest BCUT2D eigenvalue weighted by atomic mass is 10.1. The van der Waals surface area contributed by atoms with Crippen molar-refractivity contribution >= 4 is 5.91 Å². The van der Waals surface area contributed by atoms with E-state index in [1.807, 2.05) is 49.4 Å². The van der Waals surface area contributed by atoms with Crippen LogP contribution in [0.4, 0.5) is 0 Å². The third kappa shape index (κ3) is 4.70. The maximum absolute atomic E-state index is 12.4. The molecule has 0 saturated heterocycles. The first-order valence-corrected chi connectivity index (χ1v) is 9.08. The van der Waals surface area contributed by atoms with Gasteiger partial charge in [-0.15, -0.1) is 0 Å². The molecule has 1 heterocycles. The quantitative estimate of drug-likeness (QED) is 0.732. The van der Waals surface area contributed by atoms with Gasteiger partial charge in [-0.05, 0) is 30.5 Å². The number of nitrogens with zero attached hydrogens (tertiary/aromatic N) is 2. The molecular formula is C22H23N3O2. The average molecular weight is 361 g/mol. The summed E-state index contributed by atoms with van der Waals surface area (Å²) in [6.07, 6.45) is 0.980. The first-order valence-electron chi connectivity index (χ1n) is 9.08. The molecule has 0 radical (unpaired) electrons. The molecule has 138 valence electrons. The number of hydrogen-bond donors (Lipinski definition) is 1. The van der Waals surface area contributed by atoms with Crippen LogP contribution in [0.15, 0.2) is 71.5 Å². The highest BCUT2D eigenvalue weighted by molar-refractivity contribution is 5.76. The second kappa shape index (κ2) is 8.45. The number of carbonyl (C=O) groups is 1. The average Bonchev–Trinajstić information content (AvgIpc) is 2.70. The van der Waals surface area contributed by atoms with Gasteiger partial charge >= 0.3 is 0 Å². The molecule has 0 bridgehead atoms. The molecule has 3 aromatic rings. The van der Waals surface area contributed by atoms with Gasteiger partial charge in [-0.3, -0.25) is 9.59 Å². The molecule has 0 saturated carbocycles. The van der Waals surface area contributed by atoms with Crippen LogP contribution in [-0.2, 0) is 17.8 Å². The first-order chi connectivity index (χ1) is 13.1. The van der Waals surface area contributed by atoms with Crippen molar-refractivity contribution in [2.45, 2.75) is 32.9 Å². The highest BCUT2D eigenvalue weighted by Gasteiger charge is 2.12. The van der Waals surface area contributed by atoms with E-state index >= 15 is 0 Å². The number of aromatic nitrogens is 2. The van der Waals surface area contributed by atoms with E-state index in [4.69, 9.17) is 0 Å². The van der Waals surface area contributed by atoms with Gasteiger partial charge in [0.05, 0.1) is 11.7 Å². The summed E-state index contributed by atoms with van der Waals surface area (Å²) in [6, 6.07) is 20.7. The van der Waals surface area contributed by atoms with Crippen LogP contribution in [0.3, 0.4) is 0 Å². The third-order valence-electron chi connectivity index (χ3n) is 4.50. The topological polar surface area (TPSA) is 64.0 Å². The minimum Gasteiger partial charge on any atom is -0.348 e. The van der Waals surface area contributed by atoms with Gasteiger partial charge < -0.3 is 5.32 Å². The number of rotatable bonds is 6. The molecular weight excluding hydrogens is 338 g/mol.